The van der Waals surface area contributed by atoms with Gasteiger partial charge in [0.25, 0.3) is 5.91 Å². The van der Waals surface area contributed by atoms with Gasteiger partial charge in [-0.15, -0.1) is 0 Å². The molecule has 3 rings (SSSR count). The molecular formula is C21H24N2O6. The van der Waals surface area contributed by atoms with Crippen molar-refractivity contribution in [3.63, 3.8) is 0 Å². The van der Waals surface area contributed by atoms with Crippen molar-refractivity contribution in [1.82, 2.24) is 5.32 Å². The highest BCUT2D eigenvalue weighted by molar-refractivity contribution is 5.97. The van der Waals surface area contributed by atoms with E-state index < -0.39 is 0 Å². The highest BCUT2D eigenvalue weighted by Gasteiger charge is 2.32. The van der Waals surface area contributed by atoms with Crippen molar-refractivity contribution in [1.29, 1.82) is 0 Å². The number of nitrogens with zero attached hydrogens (tertiary/aromatic N) is 1. The Bertz CT molecular complexity index is 885. The second kappa shape index (κ2) is 9.18. The Labute approximate surface area is 169 Å². The molecule has 0 saturated carbocycles. The molecule has 2 aromatic rings. The van der Waals surface area contributed by atoms with Gasteiger partial charge in [-0.25, -0.2) is 0 Å². The summed E-state index contributed by atoms with van der Waals surface area (Å²) in [7, 11) is 4.63. The molecule has 0 aliphatic carbocycles. The van der Waals surface area contributed by atoms with E-state index in [1.54, 1.807) is 48.4 Å². The zero-order chi connectivity index (χ0) is 20.8. The second-order valence-corrected chi connectivity index (χ2v) is 6.45. The van der Waals surface area contributed by atoms with Crippen molar-refractivity contribution in [2.75, 3.05) is 39.4 Å². The van der Waals surface area contributed by atoms with Crippen molar-refractivity contribution in [2.24, 2.45) is 0 Å². The lowest BCUT2D eigenvalue weighted by atomic mass is 10.2. The van der Waals surface area contributed by atoms with Crippen LogP contribution in [0.25, 0.3) is 0 Å². The van der Waals surface area contributed by atoms with Crippen LogP contribution in [0, 0.1) is 0 Å². The van der Waals surface area contributed by atoms with Crippen molar-refractivity contribution < 1.29 is 28.5 Å². The molecule has 0 aromatic heterocycles. The number of amides is 2. The zero-order valence-electron chi connectivity index (χ0n) is 16.6. The lowest BCUT2D eigenvalue weighted by Crippen LogP contribution is -2.39. The fourth-order valence-corrected chi connectivity index (χ4v) is 3.20. The van der Waals surface area contributed by atoms with Gasteiger partial charge >= 0.3 is 0 Å². The van der Waals surface area contributed by atoms with Gasteiger partial charge in [0.05, 0.1) is 27.4 Å². The van der Waals surface area contributed by atoms with Gasteiger partial charge in [0.15, 0.2) is 29.6 Å². The third-order valence-electron chi connectivity index (χ3n) is 4.60. The van der Waals surface area contributed by atoms with Crippen molar-refractivity contribution in [3.05, 3.63) is 42.5 Å². The predicted octanol–water partition coefficient (Wildman–Crippen LogP) is 2.01. The third-order valence-corrected chi connectivity index (χ3v) is 4.60. The first-order valence-corrected chi connectivity index (χ1v) is 9.13. The molecule has 8 nitrogen and oxygen atoms in total. The molecule has 0 bridgehead atoms. The number of benzene rings is 2. The van der Waals surface area contributed by atoms with E-state index in [1.165, 1.54) is 14.2 Å². The van der Waals surface area contributed by atoms with Crippen LogP contribution in [0.4, 0.5) is 5.69 Å². The van der Waals surface area contributed by atoms with Gasteiger partial charge in [-0.1, -0.05) is 12.1 Å². The largest absolute Gasteiger partial charge is 0.493 e. The van der Waals surface area contributed by atoms with E-state index in [1.807, 2.05) is 6.07 Å². The standard InChI is InChI=1S/C21H24N2O6/c1-26-16-6-4-5-7-18(16)29-13-20(24)22-14-10-21(25)23(12-14)15-8-9-17(27-2)19(11-15)28-3/h4-9,11,14H,10,12-13H2,1-3H3,(H,22,24)/t14-/m1/s1. The maximum atomic E-state index is 12.4. The van der Waals surface area contributed by atoms with E-state index >= 15 is 0 Å². The summed E-state index contributed by atoms with van der Waals surface area (Å²) in [6.07, 6.45) is 0.217. The Morgan fingerprint density at radius 2 is 1.66 bits per heavy atom. The van der Waals surface area contributed by atoms with E-state index in [0.717, 1.165) is 0 Å². The minimum absolute atomic E-state index is 0.0758. The number of rotatable bonds is 8. The summed E-state index contributed by atoms with van der Waals surface area (Å²) < 4.78 is 21.2. The smallest absolute Gasteiger partial charge is 0.258 e. The first-order valence-electron chi connectivity index (χ1n) is 9.13. The highest BCUT2D eigenvalue weighted by atomic mass is 16.5. The quantitative estimate of drug-likeness (QED) is 0.730. The number of carbonyl (C=O) groups excluding carboxylic acids is 2. The van der Waals surface area contributed by atoms with Crippen LogP contribution in [0.5, 0.6) is 23.0 Å². The molecule has 1 aliphatic rings. The summed E-state index contributed by atoms with van der Waals surface area (Å²) in [4.78, 5) is 26.3. The topological polar surface area (TPSA) is 86.3 Å². The fraction of sp³-hybridized carbons (Fsp3) is 0.333. The Morgan fingerprint density at radius 1 is 1.00 bits per heavy atom. The Balaban J connectivity index is 1.58. The summed E-state index contributed by atoms with van der Waals surface area (Å²) in [5.41, 5.74) is 0.690. The van der Waals surface area contributed by atoms with E-state index in [2.05, 4.69) is 5.32 Å². The molecule has 0 unspecified atom stereocenters. The molecule has 1 fully saturated rings. The minimum atomic E-state index is -0.303. The Morgan fingerprint density at radius 3 is 2.34 bits per heavy atom. The predicted molar refractivity (Wildman–Crippen MR) is 107 cm³/mol. The maximum Gasteiger partial charge on any atom is 0.258 e. The van der Waals surface area contributed by atoms with Gasteiger partial charge in [-0.2, -0.15) is 0 Å². The molecule has 8 heteroatoms. The van der Waals surface area contributed by atoms with Crippen LogP contribution < -0.4 is 29.2 Å². The zero-order valence-corrected chi connectivity index (χ0v) is 16.6. The number of para-hydroxylation sites is 2. The third kappa shape index (κ3) is 4.71. The highest BCUT2D eigenvalue weighted by Crippen LogP contribution is 2.33. The summed E-state index contributed by atoms with van der Waals surface area (Å²) in [6.45, 7) is 0.205. The van der Waals surface area contributed by atoms with Crippen LogP contribution in [0.2, 0.25) is 0 Å². The summed E-state index contributed by atoms with van der Waals surface area (Å²) >= 11 is 0. The van der Waals surface area contributed by atoms with Crippen molar-refractivity contribution in [3.8, 4) is 23.0 Å². The van der Waals surface area contributed by atoms with Gasteiger partial charge < -0.3 is 29.2 Å². The van der Waals surface area contributed by atoms with Gasteiger partial charge in [0, 0.05) is 24.7 Å². The maximum absolute atomic E-state index is 12.4. The monoisotopic (exact) mass is 400 g/mol. The average Bonchev–Trinajstić information content (AvgIpc) is 3.11. The van der Waals surface area contributed by atoms with Gasteiger partial charge in [-0.05, 0) is 24.3 Å². The minimum Gasteiger partial charge on any atom is -0.493 e. The molecule has 1 saturated heterocycles. The van der Waals surface area contributed by atoms with Crippen LogP contribution >= 0.6 is 0 Å². The van der Waals surface area contributed by atoms with Crippen LogP contribution in [0.15, 0.2) is 42.5 Å². The molecule has 2 aromatic carbocycles. The first kappa shape index (κ1) is 20.3. The van der Waals surface area contributed by atoms with E-state index in [0.29, 0.717) is 35.2 Å². The molecule has 1 atom stereocenters. The second-order valence-electron chi connectivity index (χ2n) is 6.45. The molecule has 1 N–H and O–H groups in total. The van der Waals surface area contributed by atoms with Crippen molar-refractivity contribution in [2.45, 2.75) is 12.5 Å². The molecular weight excluding hydrogens is 376 g/mol. The van der Waals surface area contributed by atoms with Gasteiger partial charge in [-0.3, -0.25) is 9.59 Å². The molecule has 2 amide bonds. The van der Waals surface area contributed by atoms with Gasteiger partial charge in [0.1, 0.15) is 0 Å². The van der Waals surface area contributed by atoms with E-state index in [-0.39, 0.29) is 30.9 Å². The van der Waals surface area contributed by atoms with Crippen molar-refractivity contribution >= 4 is 17.5 Å². The molecule has 1 aliphatic heterocycles. The molecule has 0 radical (unpaired) electrons. The van der Waals surface area contributed by atoms with Crippen LogP contribution in [-0.2, 0) is 9.59 Å². The molecule has 1 heterocycles. The van der Waals surface area contributed by atoms with Crippen LogP contribution in [-0.4, -0.2) is 52.3 Å². The Hall–Kier alpha value is -3.42. The summed E-state index contributed by atoms with van der Waals surface area (Å²) in [5.74, 6) is 1.78. The summed E-state index contributed by atoms with van der Waals surface area (Å²) in [5, 5.41) is 2.84. The molecule has 29 heavy (non-hydrogen) atoms. The molecule has 154 valence electrons. The normalized spacial score (nSPS) is 15.8. The van der Waals surface area contributed by atoms with Crippen LogP contribution in [0.3, 0.4) is 0 Å². The number of ether oxygens (including phenoxy) is 4. The number of hydrogen-bond donors (Lipinski definition) is 1. The average molecular weight is 400 g/mol. The first-order chi connectivity index (χ1) is 14.0. The lowest BCUT2D eigenvalue weighted by molar-refractivity contribution is -0.123. The number of hydrogen-bond acceptors (Lipinski definition) is 6. The number of carbonyl (C=O) groups is 2. The lowest BCUT2D eigenvalue weighted by Gasteiger charge is -2.19. The summed E-state index contributed by atoms with van der Waals surface area (Å²) in [6, 6.07) is 12.1. The number of methoxy groups -OCH3 is 3. The molecule has 0 spiro atoms. The SMILES string of the molecule is COc1ccc(N2C[C@H](NC(=O)COc3ccccc3OC)CC2=O)cc1OC. The Kier molecular flexibility index (Phi) is 6.43. The van der Waals surface area contributed by atoms with Crippen LogP contribution in [0.1, 0.15) is 6.42 Å². The number of nitrogens with one attached hydrogen (secondary N) is 1. The van der Waals surface area contributed by atoms with E-state index in [4.69, 9.17) is 18.9 Å². The fourth-order valence-electron chi connectivity index (χ4n) is 3.20. The number of anilines is 1. The van der Waals surface area contributed by atoms with Gasteiger partial charge in [0.2, 0.25) is 5.91 Å². The van der Waals surface area contributed by atoms with E-state index in [9.17, 15) is 9.59 Å².